The summed E-state index contributed by atoms with van der Waals surface area (Å²) < 4.78 is 0. The SMILES string of the molecule is CC(C)C1=CC2=C(CC2)SS1. The van der Waals surface area contributed by atoms with Crippen LogP contribution in [-0.4, -0.2) is 0 Å². The molecule has 0 aromatic rings. The molecule has 0 aromatic heterocycles. The first kappa shape index (κ1) is 7.81. The van der Waals surface area contributed by atoms with Gasteiger partial charge in [0.25, 0.3) is 0 Å². The summed E-state index contributed by atoms with van der Waals surface area (Å²) in [6.45, 7) is 4.53. The summed E-state index contributed by atoms with van der Waals surface area (Å²) >= 11 is 0. The lowest BCUT2D eigenvalue weighted by atomic mass is 9.97. The van der Waals surface area contributed by atoms with Crippen molar-refractivity contribution in [1.82, 2.24) is 0 Å². The van der Waals surface area contributed by atoms with Gasteiger partial charge in [-0.05, 0) is 40.2 Å². The summed E-state index contributed by atoms with van der Waals surface area (Å²) in [4.78, 5) is 3.17. The molecule has 0 bridgehead atoms. The average molecular weight is 184 g/mol. The van der Waals surface area contributed by atoms with Gasteiger partial charge >= 0.3 is 0 Å². The highest BCUT2D eigenvalue weighted by Crippen LogP contribution is 2.52. The molecule has 0 saturated carbocycles. The highest BCUT2D eigenvalue weighted by Gasteiger charge is 2.22. The van der Waals surface area contributed by atoms with Gasteiger partial charge in [-0.15, -0.1) is 0 Å². The summed E-state index contributed by atoms with van der Waals surface area (Å²) in [6, 6.07) is 0. The van der Waals surface area contributed by atoms with Gasteiger partial charge in [-0.1, -0.05) is 35.4 Å². The molecule has 0 N–H and O–H groups in total. The maximum Gasteiger partial charge on any atom is -0.000289 e. The Bertz CT molecular complexity index is 236. The minimum absolute atomic E-state index is 0.710. The van der Waals surface area contributed by atoms with Crippen LogP contribution in [0.1, 0.15) is 26.7 Å². The van der Waals surface area contributed by atoms with E-state index in [0.717, 1.165) is 0 Å². The second-order valence-electron chi connectivity index (χ2n) is 3.32. The molecule has 0 fully saturated rings. The molecule has 1 aliphatic carbocycles. The second-order valence-corrected chi connectivity index (χ2v) is 5.61. The van der Waals surface area contributed by atoms with Gasteiger partial charge in [-0.25, -0.2) is 0 Å². The van der Waals surface area contributed by atoms with Crippen molar-refractivity contribution >= 4 is 21.6 Å². The highest BCUT2D eigenvalue weighted by molar-refractivity contribution is 8.79. The smallest absolute Gasteiger partial charge is 0.000289 e. The van der Waals surface area contributed by atoms with Gasteiger partial charge in [0.15, 0.2) is 0 Å². The highest BCUT2D eigenvalue weighted by atomic mass is 33.1. The lowest BCUT2D eigenvalue weighted by molar-refractivity contribution is 0.806. The fourth-order valence-corrected chi connectivity index (χ4v) is 4.09. The first-order valence-corrected chi connectivity index (χ1v) is 6.20. The standard InChI is InChI=1S/C9H12S2/c1-6(2)9-5-7-3-4-8(7)10-11-9/h5-6H,3-4H2,1-2H3. The van der Waals surface area contributed by atoms with Crippen molar-refractivity contribution in [2.24, 2.45) is 5.92 Å². The van der Waals surface area contributed by atoms with E-state index in [-0.39, 0.29) is 0 Å². The van der Waals surface area contributed by atoms with Gasteiger partial charge in [-0.2, -0.15) is 0 Å². The van der Waals surface area contributed by atoms with E-state index in [0.29, 0.717) is 5.92 Å². The van der Waals surface area contributed by atoms with Gasteiger partial charge in [0.2, 0.25) is 0 Å². The number of hydrogen-bond donors (Lipinski definition) is 0. The Balaban J connectivity index is 2.20. The first-order valence-electron chi connectivity index (χ1n) is 4.05. The van der Waals surface area contributed by atoms with E-state index in [4.69, 9.17) is 0 Å². The Morgan fingerprint density at radius 2 is 2.09 bits per heavy atom. The molecule has 2 heteroatoms. The van der Waals surface area contributed by atoms with Crippen molar-refractivity contribution in [3.8, 4) is 0 Å². The summed E-state index contributed by atoms with van der Waals surface area (Å²) in [5.74, 6) is 0.710. The molecule has 0 radical (unpaired) electrons. The van der Waals surface area contributed by atoms with Crippen LogP contribution in [0.4, 0.5) is 0 Å². The van der Waals surface area contributed by atoms with Crippen LogP contribution in [0.5, 0.6) is 0 Å². The third-order valence-electron chi connectivity index (χ3n) is 2.10. The van der Waals surface area contributed by atoms with Gasteiger partial charge in [-0.3, -0.25) is 0 Å². The number of rotatable bonds is 1. The van der Waals surface area contributed by atoms with Crippen molar-refractivity contribution < 1.29 is 0 Å². The second kappa shape index (κ2) is 2.91. The van der Waals surface area contributed by atoms with Crippen LogP contribution in [0.2, 0.25) is 0 Å². The third-order valence-corrected chi connectivity index (χ3v) is 5.07. The Hall–Kier alpha value is 0.180. The number of allylic oxidation sites excluding steroid dienone is 4. The van der Waals surface area contributed by atoms with E-state index in [2.05, 4.69) is 19.9 Å². The summed E-state index contributed by atoms with van der Waals surface area (Å²) in [7, 11) is 3.93. The van der Waals surface area contributed by atoms with Crippen LogP contribution < -0.4 is 0 Å². The monoisotopic (exact) mass is 184 g/mol. The minimum Gasteiger partial charge on any atom is -0.0581 e. The zero-order valence-electron chi connectivity index (χ0n) is 6.89. The molecule has 60 valence electrons. The maximum atomic E-state index is 2.39. The van der Waals surface area contributed by atoms with E-state index < -0.39 is 0 Å². The zero-order valence-corrected chi connectivity index (χ0v) is 8.52. The van der Waals surface area contributed by atoms with E-state index in [1.54, 1.807) is 15.4 Å². The quantitative estimate of drug-likeness (QED) is 0.566. The third kappa shape index (κ3) is 1.38. The van der Waals surface area contributed by atoms with E-state index in [1.807, 2.05) is 21.6 Å². The predicted molar refractivity (Wildman–Crippen MR) is 54.4 cm³/mol. The van der Waals surface area contributed by atoms with Crippen molar-refractivity contribution in [3.05, 3.63) is 21.5 Å². The summed E-state index contributed by atoms with van der Waals surface area (Å²) in [6.07, 6.45) is 5.04. The molecule has 0 spiro atoms. The molecule has 0 atom stereocenters. The number of hydrogen-bond acceptors (Lipinski definition) is 2. The lowest BCUT2D eigenvalue weighted by Gasteiger charge is -2.26. The average Bonchev–Trinajstić information content (AvgIpc) is 1.91. The van der Waals surface area contributed by atoms with Crippen molar-refractivity contribution in [1.29, 1.82) is 0 Å². The first-order chi connectivity index (χ1) is 5.27. The molecule has 1 heterocycles. The molecule has 2 aliphatic rings. The normalized spacial score (nSPS) is 23.0. The predicted octanol–water partition coefficient (Wildman–Crippen LogP) is 3.97. The zero-order chi connectivity index (χ0) is 7.84. The molecule has 0 unspecified atom stereocenters. The fourth-order valence-electron chi connectivity index (χ4n) is 1.18. The van der Waals surface area contributed by atoms with Crippen LogP contribution in [0.15, 0.2) is 21.5 Å². The van der Waals surface area contributed by atoms with Gasteiger partial charge < -0.3 is 0 Å². The molecule has 0 nitrogen and oxygen atoms in total. The lowest BCUT2D eigenvalue weighted by Crippen LogP contribution is -2.03. The van der Waals surface area contributed by atoms with Crippen LogP contribution in [0, 0.1) is 5.92 Å². The van der Waals surface area contributed by atoms with Crippen LogP contribution in [-0.2, 0) is 0 Å². The van der Waals surface area contributed by atoms with Crippen LogP contribution in [0.3, 0.4) is 0 Å². The van der Waals surface area contributed by atoms with E-state index in [1.165, 1.54) is 12.8 Å². The molecule has 11 heavy (non-hydrogen) atoms. The summed E-state index contributed by atoms with van der Waals surface area (Å²) in [5, 5.41) is 0. The molecule has 0 amide bonds. The largest absolute Gasteiger partial charge is 0.0581 e. The Morgan fingerprint density at radius 3 is 2.55 bits per heavy atom. The Kier molecular flexibility index (Phi) is 2.06. The minimum atomic E-state index is 0.710. The van der Waals surface area contributed by atoms with Crippen LogP contribution in [0.25, 0.3) is 0 Å². The molecule has 0 saturated heterocycles. The molecule has 0 aromatic carbocycles. The topological polar surface area (TPSA) is 0 Å². The van der Waals surface area contributed by atoms with Crippen molar-refractivity contribution in [2.75, 3.05) is 0 Å². The molecule has 2 rings (SSSR count). The van der Waals surface area contributed by atoms with E-state index in [9.17, 15) is 0 Å². The molecular formula is C9H12S2. The van der Waals surface area contributed by atoms with Gasteiger partial charge in [0, 0.05) is 0 Å². The van der Waals surface area contributed by atoms with E-state index >= 15 is 0 Å². The fraction of sp³-hybridized carbons (Fsp3) is 0.556. The van der Waals surface area contributed by atoms with Crippen molar-refractivity contribution in [2.45, 2.75) is 26.7 Å². The summed E-state index contributed by atoms with van der Waals surface area (Å²) in [5.41, 5.74) is 1.61. The Labute approximate surface area is 75.9 Å². The van der Waals surface area contributed by atoms with Gasteiger partial charge in [0.1, 0.15) is 0 Å². The molecule has 1 aliphatic heterocycles. The Morgan fingerprint density at radius 1 is 1.27 bits per heavy atom. The van der Waals surface area contributed by atoms with Gasteiger partial charge in [0.05, 0.1) is 0 Å². The molecular weight excluding hydrogens is 172 g/mol. The van der Waals surface area contributed by atoms with Crippen molar-refractivity contribution in [3.63, 3.8) is 0 Å². The maximum absolute atomic E-state index is 2.39. The van der Waals surface area contributed by atoms with Crippen LogP contribution >= 0.6 is 21.6 Å².